The minimum atomic E-state index is -2.61. The smallest absolute Gasteiger partial charge is 0.371 e. The van der Waals surface area contributed by atoms with Gasteiger partial charge in [-0.05, 0) is 53.4 Å². The van der Waals surface area contributed by atoms with Crippen molar-refractivity contribution in [3.63, 3.8) is 0 Å². The first-order valence-corrected chi connectivity index (χ1v) is 9.54. The number of hydrogen-bond donors (Lipinski definition) is 0. The van der Waals surface area contributed by atoms with Crippen molar-refractivity contribution >= 4 is 8.80 Å². The van der Waals surface area contributed by atoms with Crippen LogP contribution in [0.1, 0.15) is 62.3 Å². The summed E-state index contributed by atoms with van der Waals surface area (Å²) in [4.78, 5) is 0. The van der Waals surface area contributed by atoms with Crippen LogP contribution < -0.4 is 0 Å². The molecule has 19 heavy (non-hydrogen) atoms. The second-order valence-electron chi connectivity index (χ2n) is 6.61. The predicted octanol–water partition coefficient (Wildman–Crippen LogP) is 4.49. The lowest BCUT2D eigenvalue weighted by molar-refractivity contribution is -0.000561. The summed E-state index contributed by atoms with van der Waals surface area (Å²) in [6.07, 6.45) is 0.385. The molecule has 0 heterocycles. The molecule has 0 rings (SSSR count). The lowest BCUT2D eigenvalue weighted by Crippen LogP contribution is -2.52. The molecule has 0 fully saturated rings. The van der Waals surface area contributed by atoms with Gasteiger partial charge in [-0.2, -0.15) is 0 Å². The number of hydrogen-bond acceptors (Lipinski definition) is 3. The molecule has 1 unspecified atom stereocenters. The normalized spacial score (nSPS) is 15.0. The van der Waals surface area contributed by atoms with E-state index in [2.05, 4.69) is 62.3 Å². The molecule has 116 valence electrons. The van der Waals surface area contributed by atoms with Crippen molar-refractivity contribution in [2.24, 2.45) is 11.8 Å². The summed E-state index contributed by atoms with van der Waals surface area (Å²) in [6.45, 7) is 19.0. The van der Waals surface area contributed by atoms with Crippen LogP contribution >= 0.6 is 0 Å². The van der Waals surface area contributed by atoms with Crippen LogP contribution in [0.4, 0.5) is 0 Å². The molecule has 0 bridgehead atoms. The maximum atomic E-state index is 6.17. The Kier molecular flexibility index (Phi) is 8.44. The Bertz CT molecular complexity index is 213. The zero-order chi connectivity index (χ0) is 15.2. The Morgan fingerprint density at radius 2 is 0.947 bits per heavy atom. The van der Waals surface area contributed by atoms with Crippen LogP contribution in [0.15, 0.2) is 0 Å². The average Bonchev–Trinajstić information content (AvgIpc) is 2.12. The van der Waals surface area contributed by atoms with E-state index < -0.39 is 8.80 Å². The van der Waals surface area contributed by atoms with Crippen LogP contribution in [0.25, 0.3) is 0 Å². The van der Waals surface area contributed by atoms with Crippen molar-refractivity contribution in [3.05, 3.63) is 0 Å². The molecule has 0 aliphatic rings. The highest BCUT2D eigenvalue weighted by Crippen LogP contribution is 2.29. The van der Waals surface area contributed by atoms with Crippen molar-refractivity contribution in [2.75, 3.05) is 0 Å². The summed E-state index contributed by atoms with van der Waals surface area (Å²) < 4.78 is 18.5. The van der Waals surface area contributed by atoms with E-state index in [1.807, 2.05) is 0 Å². The van der Waals surface area contributed by atoms with Crippen molar-refractivity contribution < 1.29 is 13.3 Å². The van der Waals surface area contributed by atoms with Gasteiger partial charge in [0.1, 0.15) is 0 Å². The van der Waals surface area contributed by atoms with E-state index in [1.165, 1.54) is 0 Å². The third-order valence-corrected chi connectivity index (χ3v) is 6.59. The fourth-order valence-electron chi connectivity index (χ4n) is 1.94. The first-order chi connectivity index (χ1) is 8.58. The van der Waals surface area contributed by atoms with E-state index >= 15 is 0 Å². The molecular formula is C15H34O3Si. The SMILES string of the molecule is CC(C)O[Si](CC(C)C(C)C)(OC(C)C)OC(C)C. The molecule has 0 amide bonds. The first kappa shape index (κ1) is 19.1. The summed E-state index contributed by atoms with van der Waals surface area (Å²) in [5, 5.41) is 0. The molecule has 0 aromatic rings. The summed E-state index contributed by atoms with van der Waals surface area (Å²) >= 11 is 0. The summed E-state index contributed by atoms with van der Waals surface area (Å²) in [5.74, 6) is 1.14. The minimum Gasteiger partial charge on any atom is -0.371 e. The molecule has 0 aromatic heterocycles. The molecule has 1 atom stereocenters. The van der Waals surface area contributed by atoms with E-state index in [0.717, 1.165) is 6.04 Å². The fraction of sp³-hybridized carbons (Fsp3) is 1.00. The Hall–Kier alpha value is 0.0969. The van der Waals surface area contributed by atoms with E-state index in [1.54, 1.807) is 0 Å². The fourth-order valence-corrected chi connectivity index (χ4v) is 5.81. The lowest BCUT2D eigenvalue weighted by Gasteiger charge is -2.36. The predicted molar refractivity (Wildman–Crippen MR) is 83.2 cm³/mol. The highest BCUT2D eigenvalue weighted by atomic mass is 28.4. The molecule has 0 saturated heterocycles. The van der Waals surface area contributed by atoms with Crippen LogP contribution in [0.2, 0.25) is 6.04 Å². The van der Waals surface area contributed by atoms with E-state index in [4.69, 9.17) is 13.3 Å². The highest BCUT2D eigenvalue weighted by Gasteiger charge is 2.45. The van der Waals surface area contributed by atoms with Gasteiger partial charge in [0, 0.05) is 24.4 Å². The molecule has 0 aliphatic carbocycles. The largest absolute Gasteiger partial charge is 0.501 e. The van der Waals surface area contributed by atoms with Crippen LogP contribution in [0.3, 0.4) is 0 Å². The molecule has 0 radical (unpaired) electrons. The second kappa shape index (κ2) is 8.40. The molecule has 0 aromatic carbocycles. The van der Waals surface area contributed by atoms with Crippen LogP contribution in [-0.4, -0.2) is 27.1 Å². The van der Waals surface area contributed by atoms with Gasteiger partial charge in [0.2, 0.25) is 0 Å². The first-order valence-electron chi connectivity index (χ1n) is 7.61. The topological polar surface area (TPSA) is 27.7 Å². The van der Waals surface area contributed by atoms with Gasteiger partial charge in [-0.3, -0.25) is 0 Å². The lowest BCUT2D eigenvalue weighted by atomic mass is 10.0. The van der Waals surface area contributed by atoms with Crippen molar-refractivity contribution in [2.45, 2.75) is 86.7 Å². The van der Waals surface area contributed by atoms with Gasteiger partial charge in [-0.1, -0.05) is 20.8 Å². The molecule has 0 spiro atoms. The second-order valence-corrected chi connectivity index (χ2v) is 9.09. The Balaban J connectivity index is 5.09. The molecule has 4 heteroatoms. The highest BCUT2D eigenvalue weighted by molar-refractivity contribution is 6.60. The van der Waals surface area contributed by atoms with Gasteiger partial charge in [0.05, 0.1) is 0 Å². The monoisotopic (exact) mass is 290 g/mol. The summed E-state index contributed by atoms with van der Waals surface area (Å²) in [7, 11) is -2.61. The Morgan fingerprint density at radius 1 is 0.632 bits per heavy atom. The van der Waals surface area contributed by atoms with Gasteiger partial charge in [0.25, 0.3) is 0 Å². The van der Waals surface area contributed by atoms with Gasteiger partial charge in [0.15, 0.2) is 0 Å². The summed E-state index contributed by atoms with van der Waals surface area (Å²) in [6, 6.07) is 0.888. The van der Waals surface area contributed by atoms with E-state index in [-0.39, 0.29) is 18.3 Å². The van der Waals surface area contributed by atoms with Gasteiger partial charge in [-0.25, -0.2) is 0 Å². The molecule has 0 saturated carbocycles. The summed E-state index contributed by atoms with van der Waals surface area (Å²) in [5.41, 5.74) is 0. The van der Waals surface area contributed by atoms with Gasteiger partial charge >= 0.3 is 8.80 Å². The van der Waals surface area contributed by atoms with Gasteiger partial charge < -0.3 is 13.3 Å². The van der Waals surface area contributed by atoms with Crippen LogP contribution in [0, 0.1) is 11.8 Å². The molecular weight excluding hydrogens is 256 g/mol. The van der Waals surface area contributed by atoms with E-state index in [9.17, 15) is 0 Å². The molecule has 0 N–H and O–H groups in total. The van der Waals surface area contributed by atoms with E-state index in [0.29, 0.717) is 11.8 Å². The van der Waals surface area contributed by atoms with Crippen molar-refractivity contribution in [1.29, 1.82) is 0 Å². The van der Waals surface area contributed by atoms with Crippen molar-refractivity contribution in [1.82, 2.24) is 0 Å². The quantitative estimate of drug-likeness (QED) is 0.585. The van der Waals surface area contributed by atoms with Gasteiger partial charge in [-0.15, -0.1) is 0 Å². The third-order valence-electron chi connectivity index (χ3n) is 2.96. The molecule has 0 aliphatic heterocycles. The van der Waals surface area contributed by atoms with Crippen LogP contribution in [0.5, 0.6) is 0 Å². The zero-order valence-corrected chi connectivity index (χ0v) is 15.3. The Morgan fingerprint density at radius 3 is 1.16 bits per heavy atom. The maximum absolute atomic E-state index is 6.17. The average molecular weight is 291 g/mol. The Labute approximate surface area is 121 Å². The molecule has 3 nitrogen and oxygen atoms in total. The van der Waals surface area contributed by atoms with Crippen LogP contribution in [-0.2, 0) is 13.3 Å². The zero-order valence-electron chi connectivity index (χ0n) is 14.3. The number of rotatable bonds is 9. The minimum absolute atomic E-state index is 0.128. The van der Waals surface area contributed by atoms with Crippen molar-refractivity contribution in [3.8, 4) is 0 Å². The maximum Gasteiger partial charge on any atom is 0.501 e. The standard InChI is InChI=1S/C15H34O3Si/c1-11(2)15(9)10-19(16-12(3)4,17-13(5)6)18-14(7)8/h11-15H,10H2,1-9H3. The third kappa shape index (κ3) is 8.08.